The molecule has 0 saturated carbocycles. The number of carbonyl (C=O) groups is 2. The molecule has 2 aromatic rings. The summed E-state index contributed by atoms with van der Waals surface area (Å²) in [6.45, 7) is 4.95. The van der Waals surface area contributed by atoms with Crippen molar-refractivity contribution in [3.8, 4) is 0 Å². The highest BCUT2D eigenvalue weighted by Crippen LogP contribution is 2.37. The zero-order chi connectivity index (χ0) is 22.6. The highest BCUT2D eigenvalue weighted by molar-refractivity contribution is 5.95. The lowest BCUT2D eigenvalue weighted by atomic mass is 9.87. The largest absolute Gasteiger partial charge is 0.416 e. The van der Waals surface area contributed by atoms with Crippen molar-refractivity contribution in [1.82, 2.24) is 10.2 Å². The monoisotopic (exact) mass is 432 g/mol. The first-order valence-corrected chi connectivity index (χ1v) is 10.5. The minimum atomic E-state index is -4.47. The number of likely N-dealkylation sites (tertiary alicyclic amines) is 1. The molecule has 2 amide bonds. The van der Waals surface area contributed by atoms with Gasteiger partial charge in [0.05, 0.1) is 11.5 Å². The molecule has 0 unspecified atom stereocenters. The van der Waals surface area contributed by atoms with Gasteiger partial charge in [0.2, 0.25) is 5.91 Å². The second-order valence-corrected chi connectivity index (χ2v) is 8.39. The molecule has 2 atom stereocenters. The van der Waals surface area contributed by atoms with E-state index < -0.39 is 23.6 Å². The van der Waals surface area contributed by atoms with Crippen LogP contribution in [0.4, 0.5) is 13.2 Å². The number of hydrogen-bond donors (Lipinski definition) is 1. The summed E-state index contributed by atoms with van der Waals surface area (Å²) in [4.78, 5) is 27.4. The van der Waals surface area contributed by atoms with E-state index in [1.165, 1.54) is 6.07 Å². The van der Waals surface area contributed by atoms with Crippen molar-refractivity contribution in [3.63, 3.8) is 0 Å². The third kappa shape index (κ3) is 5.66. The fourth-order valence-corrected chi connectivity index (χ4v) is 3.90. The van der Waals surface area contributed by atoms with Crippen LogP contribution >= 0.6 is 0 Å². The van der Waals surface area contributed by atoms with Crippen LogP contribution in [0.5, 0.6) is 0 Å². The summed E-state index contributed by atoms with van der Waals surface area (Å²) in [5.41, 5.74) is 0.158. The van der Waals surface area contributed by atoms with Gasteiger partial charge in [-0.2, -0.15) is 13.2 Å². The molecular formula is C24H27F3N2O2. The highest BCUT2D eigenvalue weighted by atomic mass is 19.4. The average Bonchev–Trinajstić information content (AvgIpc) is 3.18. The van der Waals surface area contributed by atoms with Gasteiger partial charge >= 0.3 is 6.18 Å². The lowest BCUT2D eigenvalue weighted by Crippen LogP contribution is -2.36. The molecule has 166 valence electrons. The number of hydrogen-bond acceptors (Lipinski definition) is 2. The second kappa shape index (κ2) is 9.54. The van der Waals surface area contributed by atoms with Crippen molar-refractivity contribution in [2.45, 2.75) is 32.4 Å². The summed E-state index contributed by atoms with van der Waals surface area (Å²) >= 11 is 0. The lowest BCUT2D eigenvalue weighted by Gasteiger charge is -2.19. The Balaban J connectivity index is 1.86. The Morgan fingerprint density at radius 2 is 1.77 bits per heavy atom. The molecule has 7 heteroatoms. The number of carbonyl (C=O) groups excluding carboxylic acids is 2. The van der Waals surface area contributed by atoms with Crippen LogP contribution in [0.2, 0.25) is 0 Å². The SMILES string of the molecule is CC(C)CCNC(=O)[C@@H]1CN(C(=O)c2ccccc2)C[C@H]1c1cccc(C(F)(F)F)c1. The van der Waals surface area contributed by atoms with E-state index in [-0.39, 0.29) is 24.9 Å². The predicted octanol–water partition coefficient (Wildman–Crippen LogP) is 4.72. The molecule has 0 bridgehead atoms. The minimum Gasteiger partial charge on any atom is -0.356 e. The van der Waals surface area contributed by atoms with Crippen LogP contribution in [0.1, 0.15) is 47.7 Å². The molecule has 3 rings (SSSR count). The first kappa shape index (κ1) is 22.8. The number of rotatable bonds is 6. The molecule has 0 aromatic heterocycles. The lowest BCUT2D eigenvalue weighted by molar-refractivity contribution is -0.137. The van der Waals surface area contributed by atoms with E-state index in [2.05, 4.69) is 5.32 Å². The number of nitrogens with one attached hydrogen (secondary N) is 1. The van der Waals surface area contributed by atoms with Crippen LogP contribution in [-0.4, -0.2) is 36.3 Å². The van der Waals surface area contributed by atoms with Crippen molar-refractivity contribution < 1.29 is 22.8 Å². The Bertz CT molecular complexity index is 913. The van der Waals surface area contributed by atoms with Crippen LogP contribution < -0.4 is 5.32 Å². The molecule has 31 heavy (non-hydrogen) atoms. The molecule has 1 heterocycles. The van der Waals surface area contributed by atoms with Crippen LogP contribution in [0.3, 0.4) is 0 Å². The molecule has 0 radical (unpaired) electrons. The second-order valence-electron chi connectivity index (χ2n) is 8.39. The molecule has 1 N–H and O–H groups in total. The van der Waals surface area contributed by atoms with E-state index in [9.17, 15) is 22.8 Å². The third-order valence-electron chi connectivity index (χ3n) is 5.63. The highest BCUT2D eigenvalue weighted by Gasteiger charge is 2.41. The normalized spacial score (nSPS) is 19.0. The molecule has 1 fully saturated rings. The van der Waals surface area contributed by atoms with Crippen LogP contribution in [-0.2, 0) is 11.0 Å². The Morgan fingerprint density at radius 1 is 1.06 bits per heavy atom. The average molecular weight is 432 g/mol. The number of nitrogens with zero attached hydrogens (tertiary/aromatic N) is 1. The topological polar surface area (TPSA) is 49.4 Å². The predicted molar refractivity (Wildman–Crippen MR) is 112 cm³/mol. The van der Waals surface area contributed by atoms with Gasteiger partial charge in [-0.1, -0.05) is 50.2 Å². The maximum Gasteiger partial charge on any atom is 0.416 e. The van der Waals surface area contributed by atoms with Gasteiger partial charge in [0.25, 0.3) is 5.91 Å². The molecule has 2 aromatic carbocycles. The summed E-state index contributed by atoms with van der Waals surface area (Å²) < 4.78 is 39.7. The Morgan fingerprint density at radius 3 is 2.42 bits per heavy atom. The Labute approximate surface area is 180 Å². The van der Waals surface area contributed by atoms with Gasteiger partial charge in [0, 0.05) is 31.1 Å². The van der Waals surface area contributed by atoms with Gasteiger partial charge in [0.15, 0.2) is 0 Å². The number of amides is 2. The van der Waals surface area contributed by atoms with Gasteiger partial charge in [-0.3, -0.25) is 9.59 Å². The van der Waals surface area contributed by atoms with E-state index in [0.29, 0.717) is 23.6 Å². The van der Waals surface area contributed by atoms with Crippen molar-refractivity contribution in [2.24, 2.45) is 11.8 Å². The van der Waals surface area contributed by atoms with Gasteiger partial charge in [-0.25, -0.2) is 0 Å². The van der Waals surface area contributed by atoms with Gasteiger partial charge in [-0.15, -0.1) is 0 Å². The van der Waals surface area contributed by atoms with Gasteiger partial charge in [0.1, 0.15) is 0 Å². The standard InChI is InChI=1S/C24H27F3N2O2/c1-16(2)11-12-28-22(30)21-15-29(23(31)17-7-4-3-5-8-17)14-20(21)18-9-6-10-19(13-18)24(25,26)27/h3-10,13,16,20-21H,11-12,14-15H2,1-2H3,(H,28,30)/t20-,21+/m0/s1. The van der Waals surface area contributed by atoms with Crippen LogP contribution in [0, 0.1) is 11.8 Å². The van der Waals surface area contributed by atoms with E-state index >= 15 is 0 Å². The summed E-state index contributed by atoms with van der Waals surface area (Å²) in [6, 6.07) is 13.8. The van der Waals surface area contributed by atoms with Crippen LogP contribution in [0.25, 0.3) is 0 Å². The fraction of sp³-hybridized carbons (Fsp3) is 0.417. The summed E-state index contributed by atoms with van der Waals surface area (Å²) in [5.74, 6) is -1.15. The van der Waals surface area contributed by atoms with E-state index in [0.717, 1.165) is 18.6 Å². The zero-order valence-corrected chi connectivity index (χ0v) is 17.7. The van der Waals surface area contributed by atoms with Gasteiger partial charge in [-0.05, 0) is 36.1 Å². The molecule has 1 aliphatic heterocycles. The number of alkyl halides is 3. The first-order chi connectivity index (χ1) is 14.7. The zero-order valence-electron chi connectivity index (χ0n) is 17.7. The number of halogens is 3. The van der Waals surface area contributed by atoms with Crippen molar-refractivity contribution in [3.05, 3.63) is 71.3 Å². The van der Waals surface area contributed by atoms with Crippen molar-refractivity contribution in [2.75, 3.05) is 19.6 Å². The Kier molecular flexibility index (Phi) is 7.03. The number of benzene rings is 2. The molecule has 1 aliphatic rings. The summed E-state index contributed by atoms with van der Waals surface area (Å²) in [5, 5.41) is 2.90. The molecule has 0 aliphatic carbocycles. The fourth-order valence-electron chi connectivity index (χ4n) is 3.90. The van der Waals surface area contributed by atoms with E-state index in [1.54, 1.807) is 41.3 Å². The quantitative estimate of drug-likeness (QED) is 0.718. The summed E-state index contributed by atoms with van der Waals surface area (Å²) in [7, 11) is 0. The summed E-state index contributed by atoms with van der Waals surface area (Å²) in [6.07, 6.45) is -3.66. The van der Waals surface area contributed by atoms with Gasteiger partial charge < -0.3 is 10.2 Å². The van der Waals surface area contributed by atoms with Crippen molar-refractivity contribution in [1.29, 1.82) is 0 Å². The molecule has 0 spiro atoms. The third-order valence-corrected chi connectivity index (χ3v) is 5.63. The maximum atomic E-state index is 13.2. The van der Waals surface area contributed by atoms with Crippen LogP contribution in [0.15, 0.2) is 54.6 Å². The van der Waals surface area contributed by atoms with E-state index in [1.807, 2.05) is 13.8 Å². The minimum absolute atomic E-state index is 0.169. The first-order valence-electron chi connectivity index (χ1n) is 10.5. The van der Waals surface area contributed by atoms with E-state index in [4.69, 9.17) is 0 Å². The van der Waals surface area contributed by atoms with Crippen molar-refractivity contribution >= 4 is 11.8 Å². The molecular weight excluding hydrogens is 405 g/mol. The molecule has 1 saturated heterocycles. The molecule has 4 nitrogen and oxygen atoms in total. The Hall–Kier alpha value is -2.83. The maximum absolute atomic E-state index is 13.2. The smallest absolute Gasteiger partial charge is 0.356 e.